The Bertz CT molecular complexity index is 1100. The Hall–Kier alpha value is -2.76. The molecule has 1 aliphatic heterocycles. The van der Waals surface area contributed by atoms with Crippen LogP contribution in [0.1, 0.15) is 12.5 Å². The van der Waals surface area contributed by atoms with Crippen LogP contribution in [0.25, 0.3) is 0 Å². The lowest BCUT2D eigenvalue weighted by Crippen LogP contribution is -2.42. The smallest absolute Gasteiger partial charge is 0.325 e. The fourth-order valence-electron chi connectivity index (χ4n) is 2.96. The quantitative estimate of drug-likeness (QED) is 0.556. The number of nitrogens with one attached hydrogen (secondary N) is 2. The highest BCUT2D eigenvalue weighted by atomic mass is 79.9. The number of anilines is 1. The Labute approximate surface area is 175 Å². The summed E-state index contributed by atoms with van der Waals surface area (Å²) in [5, 5.41) is 10.2. The van der Waals surface area contributed by atoms with Crippen molar-refractivity contribution in [1.29, 1.82) is 0 Å². The van der Waals surface area contributed by atoms with Crippen molar-refractivity contribution in [2.45, 2.75) is 17.4 Å². The van der Waals surface area contributed by atoms with Crippen LogP contribution in [0.15, 0.2) is 57.9 Å². The van der Waals surface area contributed by atoms with E-state index in [0.717, 1.165) is 4.90 Å². The van der Waals surface area contributed by atoms with Crippen LogP contribution in [-0.2, 0) is 25.2 Å². The molecule has 9 nitrogen and oxygen atoms in total. The van der Waals surface area contributed by atoms with E-state index in [2.05, 4.69) is 26.6 Å². The van der Waals surface area contributed by atoms with E-state index in [-0.39, 0.29) is 4.90 Å². The van der Waals surface area contributed by atoms with Gasteiger partial charge in [-0.25, -0.2) is 18.4 Å². The summed E-state index contributed by atoms with van der Waals surface area (Å²) in [5.74, 6) is -1.18. The SMILES string of the molecule is C[C@@]1(c2ccccc2Br)NC(=O)N(CC(=O)Nc2ccc(S(N)(=O)=O)cc2)C1=O. The number of urea groups is 1. The van der Waals surface area contributed by atoms with Crippen LogP contribution in [-0.4, -0.2) is 37.7 Å². The Balaban J connectivity index is 1.73. The van der Waals surface area contributed by atoms with Gasteiger partial charge in [-0.1, -0.05) is 34.1 Å². The zero-order valence-electron chi connectivity index (χ0n) is 15.2. The van der Waals surface area contributed by atoms with Crippen molar-refractivity contribution >= 4 is 49.5 Å². The average molecular weight is 481 g/mol. The van der Waals surface area contributed by atoms with Gasteiger partial charge in [-0.2, -0.15) is 0 Å². The average Bonchev–Trinajstić information content (AvgIpc) is 2.85. The minimum atomic E-state index is -3.85. The third-order valence-corrected chi connectivity index (χ3v) is 6.08. The minimum absolute atomic E-state index is 0.103. The van der Waals surface area contributed by atoms with E-state index < -0.39 is 40.0 Å². The predicted octanol–water partition coefficient (Wildman–Crippen LogP) is 1.50. The maximum atomic E-state index is 12.9. The molecule has 0 aromatic heterocycles. The number of benzene rings is 2. The highest BCUT2D eigenvalue weighted by Gasteiger charge is 2.50. The molecule has 1 saturated heterocycles. The Morgan fingerprint density at radius 2 is 1.79 bits per heavy atom. The number of sulfonamides is 1. The number of nitrogens with zero attached hydrogens (tertiary/aromatic N) is 1. The first-order chi connectivity index (χ1) is 13.5. The van der Waals surface area contributed by atoms with Crippen LogP contribution in [0.3, 0.4) is 0 Å². The summed E-state index contributed by atoms with van der Waals surface area (Å²) in [6.45, 7) is 1.07. The molecule has 4 N–H and O–H groups in total. The van der Waals surface area contributed by atoms with Crippen molar-refractivity contribution in [3.8, 4) is 0 Å². The molecule has 0 radical (unpaired) electrons. The van der Waals surface area contributed by atoms with Crippen LogP contribution in [0.5, 0.6) is 0 Å². The molecule has 11 heteroatoms. The first-order valence-corrected chi connectivity index (χ1v) is 10.7. The van der Waals surface area contributed by atoms with Gasteiger partial charge in [-0.05, 0) is 37.3 Å². The molecule has 1 atom stereocenters. The Kier molecular flexibility index (Phi) is 5.48. The molecule has 0 bridgehead atoms. The van der Waals surface area contributed by atoms with Crippen molar-refractivity contribution in [1.82, 2.24) is 10.2 Å². The number of carbonyl (C=O) groups is 3. The molecular weight excluding hydrogens is 464 g/mol. The van der Waals surface area contributed by atoms with Crippen molar-refractivity contribution in [3.05, 3.63) is 58.6 Å². The van der Waals surface area contributed by atoms with E-state index in [4.69, 9.17) is 5.14 Å². The van der Waals surface area contributed by atoms with Gasteiger partial charge < -0.3 is 10.6 Å². The number of imide groups is 1. The van der Waals surface area contributed by atoms with Crippen LogP contribution >= 0.6 is 15.9 Å². The van der Waals surface area contributed by atoms with Gasteiger partial charge in [0.25, 0.3) is 5.91 Å². The van der Waals surface area contributed by atoms with Crippen molar-refractivity contribution < 1.29 is 22.8 Å². The lowest BCUT2D eigenvalue weighted by atomic mass is 9.92. The summed E-state index contributed by atoms with van der Waals surface area (Å²) in [6, 6.07) is 11.5. The normalized spacial score (nSPS) is 19.2. The molecule has 1 heterocycles. The number of hydrogen-bond donors (Lipinski definition) is 3. The van der Waals surface area contributed by atoms with Gasteiger partial charge in [0.15, 0.2) is 0 Å². The van der Waals surface area contributed by atoms with Crippen molar-refractivity contribution in [3.63, 3.8) is 0 Å². The van der Waals surface area contributed by atoms with Gasteiger partial charge in [-0.3, -0.25) is 14.5 Å². The summed E-state index contributed by atoms with van der Waals surface area (Å²) in [4.78, 5) is 38.3. The summed E-state index contributed by atoms with van der Waals surface area (Å²) < 4.78 is 23.2. The van der Waals surface area contributed by atoms with Crippen molar-refractivity contribution in [2.24, 2.45) is 5.14 Å². The van der Waals surface area contributed by atoms with E-state index in [9.17, 15) is 22.8 Å². The molecule has 3 rings (SSSR count). The molecule has 1 aliphatic rings. The van der Waals surface area contributed by atoms with Gasteiger partial charge in [0, 0.05) is 15.7 Å². The fraction of sp³-hybridized carbons (Fsp3) is 0.167. The molecule has 29 heavy (non-hydrogen) atoms. The number of halogens is 1. The molecule has 0 spiro atoms. The maximum absolute atomic E-state index is 12.9. The predicted molar refractivity (Wildman–Crippen MR) is 108 cm³/mol. The van der Waals surface area contributed by atoms with Crippen LogP contribution in [0.4, 0.5) is 10.5 Å². The fourth-order valence-corrected chi connectivity index (χ4v) is 4.16. The summed E-state index contributed by atoms with van der Waals surface area (Å²) >= 11 is 3.37. The number of carbonyl (C=O) groups excluding carboxylic acids is 3. The van der Waals surface area contributed by atoms with E-state index in [1.807, 2.05) is 0 Å². The van der Waals surface area contributed by atoms with Crippen LogP contribution in [0.2, 0.25) is 0 Å². The zero-order valence-corrected chi connectivity index (χ0v) is 17.6. The molecule has 152 valence electrons. The van der Waals surface area contributed by atoms with Gasteiger partial charge in [0.2, 0.25) is 15.9 Å². The second-order valence-electron chi connectivity index (χ2n) is 6.54. The molecule has 2 aromatic rings. The Morgan fingerprint density at radius 3 is 2.38 bits per heavy atom. The number of primary sulfonamides is 1. The zero-order chi connectivity index (χ0) is 21.4. The lowest BCUT2D eigenvalue weighted by molar-refractivity contribution is -0.133. The summed E-state index contributed by atoms with van der Waals surface area (Å²) in [5.41, 5.74) is -0.447. The number of amides is 4. The van der Waals surface area contributed by atoms with Gasteiger partial charge in [-0.15, -0.1) is 0 Å². The first-order valence-electron chi connectivity index (χ1n) is 8.34. The van der Waals surface area contributed by atoms with Gasteiger partial charge >= 0.3 is 6.03 Å². The van der Waals surface area contributed by atoms with Crippen LogP contribution in [0, 0.1) is 0 Å². The molecule has 1 fully saturated rings. The highest BCUT2D eigenvalue weighted by molar-refractivity contribution is 9.10. The van der Waals surface area contributed by atoms with E-state index in [1.165, 1.54) is 24.3 Å². The Morgan fingerprint density at radius 1 is 1.17 bits per heavy atom. The largest absolute Gasteiger partial charge is 0.325 e. The van der Waals surface area contributed by atoms with E-state index in [1.54, 1.807) is 31.2 Å². The second-order valence-corrected chi connectivity index (χ2v) is 8.96. The highest BCUT2D eigenvalue weighted by Crippen LogP contribution is 2.33. The number of hydrogen-bond acceptors (Lipinski definition) is 5. The maximum Gasteiger partial charge on any atom is 0.325 e. The number of nitrogens with two attached hydrogens (primary N) is 1. The second kappa shape index (κ2) is 7.58. The third-order valence-electron chi connectivity index (χ3n) is 4.46. The van der Waals surface area contributed by atoms with Crippen molar-refractivity contribution in [2.75, 3.05) is 11.9 Å². The van der Waals surface area contributed by atoms with E-state index in [0.29, 0.717) is 15.7 Å². The molecule has 0 unspecified atom stereocenters. The molecule has 4 amide bonds. The lowest BCUT2D eigenvalue weighted by Gasteiger charge is -2.23. The molecule has 0 saturated carbocycles. The molecule has 0 aliphatic carbocycles. The van der Waals surface area contributed by atoms with Gasteiger partial charge in [0.1, 0.15) is 12.1 Å². The van der Waals surface area contributed by atoms with E-state index >= 15 is 0 Å². The third kappa shape index (κ3) is 4.16. The molecule has 2 aromatic carbocycles. The molecular formula is C18H17BrN4O5S. The number of rotatable bonds is 5. The first kappa shape index (κ1) is 21.0. The topological polar surface area (TPSA) is 139 Å². The monoisotopic (exact) mass is 480 g/mol. The standard InChI is InChI=1S/C18H17BrN4O5S/c1-18(13-4-2-3-5-14(13)19)16(25)23(17(26)22-18)10-15(24)21-11-6-8-12(9-7-11)29(20,27)28/h2-9H,10H2,1H3,(H,21,24)(H,22,26)(H2,20,27,28)/t18-/m0/s1. The summed E-state index contributed by atoms with van der Waals surface area (Å²) in [6.07, 6.45) is 0. The van der Waals surface area contributed by atoms with Gasteiger partial charge in [0.05, 0.1) is 4.90 Å². The van der Waals surface area contributed by atoms with Crippen LogP contribution < -0.4 is 15.8 Å². The summed E-state index contributed by atoms with van der Waals surface area (Å²) in [7, 11) is -3.85. The minimum Gasteiger partial charge on any atom is -0.325 e.